The molecule has 6 nitrogen and oxygen atoms in total. The number of carbonyl (C=O) groups excluding carboxylic acids is 2. The van der Waals surface area contributed by atoms with Crippen LogP contribution in [0.4, 0.5) is 10.5 Å². The molecule has 0 saturated carbocycles. The summed E-state index contributed by atoms with van der Waals surface area (Å²) in [6.07, 6.45) is -0.339. The van der Waals surface area contributed by atoms with E-state index in [1.54, 1.807) is 4.90 Å². The largest absolute Gasteiger partial charge is 0.447 e. The number of amides is 2. The highest BCUT2D eigenvalue weighted by atomic mass is 16.6. The van der Waals surface area contributed by atoms with E-state index >= 15 is 0 Å². The first kappa shape index (κ1) is 18.0. The van der Waals surface area contributed by atoms with Gasteiger partial charge < -0.3 is 10.1 Å². The van der Waals surface area contributed by atoms with Crippen LogP contribution in [0.15, 0.2) is 48.5 Å². The molecule has 0 atom stereocenters. The molecule has 1 aromatic heterocycles. The molecule has 1 saturated heterocycles. The average molecular weight is 375 g/mol. The zero-order chi connectivity index (χ0) is 19.7. The SMILES string of the molecule is Cc1ccc2nc(C)c(C(=O)NCc3cccc(N4CCOC4=O)c3)cc2c1. The number of rotatable bonds is 4. The molecule has 1 aliphatic rings. The Labute approximate surface area is 163 Å². The lowest BCUT2D eigenvalue weighted by Crippen LogP contribution is -2.25. The van der Waals surface area contributed by atoms with E-state index in [1.807, 2.05) is 62.4 Å². The van der Waals surface area contributed by atoms with E-state index in [4.69, 9.17) is 4.74 Å². The minimum absolute atomic E-state index is 0.167. The second-order valence-corrected chi connectivity index (χ2v) is 6.94. The van der Waals surface area contributed by atoms with Crippen LogP contribution in [0.2, 0.25) is 0 Å². The van der Waals surface area contributed by atoms with Crippen molar-refractivity contribution in [2.24, 2.45) is 0 Å². The molecule has 142 valence electrons. The Kier molecular flexibility index (Phi) is 4.69. The second kappa shape index (κ2) is 7.31. The first-order chi connectivity index (χ1) is 13.5. The topological polar surface area (TPSA) is 71.5 Å². The van der Waals surface area contributed by atoms with Crippen molar-refractivity contribution in [1.82, 2.24) is 10.3 Å². The minimum Gasteiger partial charge on any atom is -0.447 e. The van der Waals surface area contributed by atoms with Gasteiger partial charge in [-0.25, -0.2) is 4.79 Å². The normalized spacial score (nSPS) is 13.6. The molecule has 2 amide bonds. The summed E-state index contributed by atoms with van der Waals surface area (Å²) in [5, 5.41) is 3.90. The van der Waals surface area contributed by atoms with Crippen molar-refractivity contribution in [3.05, 3.63) is 70.9 Å². The maximum absolute atomic E-state index is 12.7. The predicted molar refractivity (Wildman–Crippen MR) is 108 cm³/mol. The average Bonchev–Trinajstić information content (AvgIpc) is 3.12. The number of carbonyl (C=O) groups is 2. The molecule has 0 bridgehead atoms. The van der Waals surface area contributed by atoms with Gasteiger partial charge in [0.2, 0.25) is 0 Å². The molecule has 0 radical (unpaired) electrons. The van der Waals surface area contributed by atoms with Crippen LogP contribution in [0, 0.1) is 13.8 Å². The standard InChI is InChI=1S/C22H21N3O3/c1-14-6-7-20-17(10-14)12-19(15(2)24-20)21(26)23-13-16-4-3-5-18(11-16)25-8-9-28-22(25)27/h3-7,10-12H,8-9,13H2,1-2H3,(H,23,26). The number of pyridine rings is 1. The van der Waals surface area contributed by atoms with Gasteiger partial charge in [0.05, 0.1) is 23.3 Å². The van der Waals surface area contributed by atoms with E-state index in [-0.39, 0.29) is 12.0 Å². The number of cyclic esters (lactones) is 1. The fraction of sp³-hybridized carbons (Fsp3) is 0.227. The van der Waals surface area contributed by atoms with Crippen molar-refractivity contribution in [2.75, 3.05) is 18.1 Å². The number of nitrogens with zero attached hydrogens (tertiary/aromatic N) is 2. The molecule has 0 unspecified atom stereocenters. The molecule has 0 aliphatic carbocycles. The quantitative estimate of drug-likeness (QED) is 0.754. The van der Waals surface area contributed by atoms with Crippen LogP contribution in [-0.4, -0.2) is 30.1 Å². The van der Waals surface area contributed by atoms with E-state index in [9.17, 15) is 9.59 Å². The molecule has 1 N–H and O–H groups in total. The lowest BCUT2D eigenvalue weighted by molar-refractivity contribution is 0.0950. The summed E-state index contributed by atoms with van der Waals surface area (Å²) in [5.41, 5.74) is 4.95. The zero-order valence-corrected chi connectivity index (χ0v) is 15.9. The van der Waals surface area contributed by atoms with Crippen LogP contribution >= 0.6 is 0 Å². The number of fused-ring (bicyclic) bond motifs is 1. The van der Waals surface area contributed by atoms with Crippen LogP contribution in [0.5, 0.6) is 0 Å². The highest BCUT2D eigenvalue weighted by Gasteiger charge is 2.23. The van der Waals surface area contributed by atoms with Crippen LogP contribution in [0.3, 0.4) is 0 Å². The Morgan fingerprint density at radius 2 is 2.04 bits per heavy atom. The number of benzene rings is 2. The number of hydrogen-bond donors (Lipinski definition) is 1. The fourth-order valence-electron chi connectivity index (χ4n) is 3.36. The van der Waals surface area contributed by atoms with Crippen molar-refractivity contribution in [3.8, 4) is 0 Å². The molecule has 2 heterocycles. The maximum atomic E-state index is 12.7. The first-order valence-corrected chi connectivity index (χ1v) is 9.21. The summed E-state index contributed by atoms with van der Waals surface area (Å²) in [5.74, 6) is -0.167. The summed E-state index contributed by atoms with van der Waals surface area (Å²) < 4.78 is 4.98. The summed E-state index contributed by atoms with van der Waals surface area (Å²) in [6.45, 7) is 5.15. The Morgan fingerprint density at radius 3 is 2.82 bits per heavy atom. The Balaban J connectivity index is 1.51. The molecule has 3 aromatic rings. The molecule has 4 rings (SSSR count). The summed E-state index contributed by atoms with van der Waals surface area (Å²) in [7, 11) is 0. The molecule has 1 fully saturated rings. The van der Waals surface area contributed by atoms with Gasteiger partial charge in [-0.1, -0.05) is 23.8 Å². The lowest BCUT2D eigenvalue weighted by atomic mass is 10.1. The third-order valence-electron chi connectivity index (χ3n) is 4.84. The van der Waals surface area contributed by atoms with Gasteiger partial charge in [0.1, 0.15) is 6.61 Å². The number of ether oxygens (including phenoxy) is 1. The van der Waals surface area contributed by atoms with Crippen LogP contribution in [-0.2, 0) is 11.3 Å². The van der Waals surface area contributed by atoms with E-state index in [2.05, 4.69) is 10.3 Å². The molecule has 1 aliphatic heterocycles. The molecule has 0 spiro atoms. The smallest absolute Gasteiger partial charge is 0.414 e. The molecule has 28 heavy (non-hydrogen) atoms. The zero-order valence-electron chi connectivity index (χ0n) is 15.9. The summed E-state index contributed by atoms with van der Waals surface area (Å²) in [6, 6.07) is 15.4. The predicted octanol–water partition coefficient (Wildman–Crippen LogP) is 3.74. The van der Waals surface area contributed by atoms with E-state index in [1.165, 1.54) is 0 Å². The Hall–Kier alpha value is -3.41. The number of anilines is 1. The van der Waals surface area contributed by atoms with Gasteiger partial charge in [0, 0.05) is 17.6 Å². The van der Waals surface area contributed by atoms with Crippen molar-refractivity contribution in [2.45, 2.75) is 20.4 Å². The highest BCUT2D eigenvalue weighted by Crippen LogP contribution is 2.21. The Bertz CT molecular complexity index is 1080. The lowest BCUT2D eigenvalue weighted by Gasteiger charge is -2.14. The van der Waals surface area contributed by atoms with E-state index in [0.29, 0.717) is 31.0 Å². The molecule has 2 aromatic carbocycles. The minimum atomic E-state index is -0.339. The maximum Gasteiger partial charge on any atom is 0.414 e. The number of hydrogen-bond acceptors (Lipinski definition) is 4. The van der Waals surface area contributed by atoms with Gasteiger partial charge >= 0.3 is 6.09 Å². The molecule has 6 heteroatoms. The first-order valence-electron chi connectivity index (χ1n) is 9.21. The van der Waals surface area contributed by atoms with Crippen LogP contribution in [0.25, 0.3) is 10.9 Å². The van der Waals surface area contributed by atoms with Crippen LogP contribution in [0.1, 0.15) is 27.2 Å². The third kappa shape index (κ3) is 3.53. The third-order valence-corrected chi connectivity index (χ3v) is 4.84. The van der Waals surface area contributed by atoms with Gasteiger partial charge in [-0.15, -0.1) is 0 Å². The Morgan fingerprint density at radius 1 is 1.18 bits per heavy atom. The van der Waals surface area contributed by atoms with Crippen LogP contribution < -0.4 is 10.2 Å². The molecular weight excluding hydrogens is 354 g/mol. The summed E-state index contributed by atoms with van der Waals surface area (Å²) >= 11 is 0. The fourth-order valence-corrected chi connectivity index (χ4v) is 3.36. The van der Waals surface area contributed by atoms with E-state index in [0.717, 1.165) is 27.7 Å². The number of nitrogens with one attached hydrogen (secondary N) is 1. The van der Waals surface area contributed by atoms with E-state index < -0.39 is 0 Å². The second-order valence-electron chi connectivity index (χ2n) is 6.94. The van der Waals surface area contributed by atoms with Gasteiger partial charge in [-0.2, -0.15) is 0 Å². The van der Waals surface area contributed by atoms with Crippen molar-refractivity contribution in [1.29, 1.82) is 0 Å². The van der Waals surface area contributed by atoms with Crippen molar-refractivity contribution >= 4 is 28.6 Å². The number of aryl methyl sites for hydroxylation is 2. The van der Waals surface area contributed by atoms with Crippen molar-refractivity contribution in [3.63, 3.8) is 0 Å². The van der Waals surface area contributed by atoms with Gasteiger partial charge in [0.15, 0.2) is 0 Å². The monoisotopic (exact) mass is 375 g/mol. The molecular formula is C22H21N3O3. The van der Waals surface area contributed by atoms with Gasteiger partial charge in [-0.3, -0.25) is 14.7 Å². The van der Waals surface area contributed by atoms with Gasteiger partial charge in [-0.05, 0) is 49.7 Å². The van der Waals surface area contributed by atoms with Crippen molar-refractivity contribution < 1.29 is 14.3 Å². The summed E-state index contributed by atoms with van der Waals surface area (Å²) in [4.78, 5) is 30.6. The highest BCUT2D eigenvalue weighted by molar-refractivity contribution is 5.98. The van der Waals surface area contributed by atoms with Gasteiger partial charge in [0.25, 0.3) is 5.91 Å². The number of aromatic nitrogens is 1.